The molecule has 1 aromatic carbocycles. The Bertz CT molecular complexity index is 935. The average molecular weight is 381 g/mol. The molecule has 3 aromatic rings. The quantitative estimate of drug-likeness (QED) is 0.442. The highest BCUT2D eigenvalue weighted by atomic mass is 32.2. The monoisotopic (exact) mass is 380 g/mol. The Morgan fingerprint density at radius 2 is 1.93 bits per heavy atom. The molecule has 0 aliphatic rings. The maximum atomic E-state index is 12.7. The van der Waals surface area contributed by atoms with E-state index in [0.717, 1.165) is 22.0 Å². The number of rotatable bonds is 7. The molecule has 0 unspecified atom stereocenters. The van der Waals surface area contributed by atoms with Crippen molar-refractivity contribution in [1.29, 1.82) is 0 Å². The number of nitrogens with zero attached hydrogens (tertiary/aromatic N) is 4. The van der Waals surface area contributed by atoms with Crippen LogP contribution in [0.15, 0.2) is 53.9 Å². The van der Waals surface area contributed by atoms with Crippen molar-refractivity contribution in [2.24, 2.45) is 7.05 Å². The van der Waals surface area contributed by atoms with Crippen LogP contribution < -0.4 is 0 Å². The number of carbonyl (C=O) groups excluding carboxylic acids is 1. The van der Waals surface area contributed by atoms with Crippen LogP contribution in [-0.4, -0.2) is 25.5 Å². The van der Waals surface area contributed by atoms with E-state index in [1.807, 2.05) is 35.9 Å². The summed E-state index contributed by atoms with van der Waals surface area (Å²) in [5.41, 5.74) is 3.65. The number of thioether (sulfide) groups is 1. The predicted octanol–water partition coefficient (Wildman–Crippen LogP) is 4.61. The fourth-order valence-corrected chi connectivity index (χ4v) is 3.67. The van der Waals surface area contributed by atoms with Gasteiger partial charge in [-0.2, -0.15) is 0 Å². The van der Waals surface area contributed by atoms with Gasteiger partial charge in [-0.15, -0.1) is 10.2 Å². The van der Waals surface area contributed by atoms with Crippen molar-refractivity contribution in [1.82, 2.24) is 19.7 Å². The lowest BCUT2D eigenvalue weighted by molar-refractivity contribution is 0.0988. The molecule has 0 aliphatic carbocycles. The van der Waals surface area contributed by atoms with Crippen molar-refractivity contribution in [3.63, 3.8) is 0 Å². The summed E-state index contributed by atoms with van der Waals surface area (Å²) in [6.45, 7) is 6.29. The molecule has 0 radical (unpaired) electrons. The Hall–Kier alpha value is -2.47. The molecular formula is C21H24N4OS. The first-order valence-electron chi connectivity index (χ1n) is 9.03. The second-order valence-electron chi connectivity index (χ2n) is 6.93. The van der Waals surface area contributed by atoms with Crippen molar-refractivity contribution in [3.8, 4) is 0 Å². The summed E-state index contributed by atoms with van der Waals surface area (Å²) >= 11 is 1.65. The van der Waals surface area contributed by atoms with E-state index in [2.05, 4.69) is 48.1 Å². The van der Waals surface area contributed by atoms with Crippen LogP contribution in [-0.2, 0) is 13.5 Å². The number of aromatic nitrogens is 4. The lowest BCUT2D eigenvalue weighted by Gasteiger charge is -2.12. The van der Waals surface area contributed by atoms with E-state index in [-0.39, 0.29) is 11.0 Å². The minimum Gasteiger partial charge on any atom is -0.312 e. The zero-order valence-electron chi connectivity index (χ0n) is 16.1. The van der Waals surface area contributed by atoms with Crippen LogP contribution in [0.25, 0.3) is 0 Å². The largest absolute Gasteiger partial charge is 0.312 e. The summed E-state index contributed by atoms with van der Waals surface area (Å²) in [6.07, 6.45) is 2.05. The number of Topliss-reactive ketones (excluding diaryl/α,β-unsaturated/α-hetero) is 1. The van der Waals surface area contributed by atoms with Crippen molar-refractivity contribution in [2.75, 3.05) is 0 Å². The van der Waals surface area contributed by atoms with Gasteiger partial charge in [0.1, 0.15) is 12.0 Å². The highest BCUT2D eigenvalue weighted by Crippen LogP contribution is 2.33. The van der Waals surface area contributed by atoms with Gasteiger partial charge >= 0.3 is 0 Å². The molecule has 0 aliphatic heterocycles. The normalized spacial score (nSPS) is 12.3. The van der Waals surface area contributed by atoms with Gasteiger partial charge in [0, 0.05) is 24.4 Å². The predicted molar refractivity (Wildman–Crippen MR) is 108 cm³/mol. The molecule has 0 fully saturated rings. The second-order valence-corrected chi connectivity index (χ2v) is 8.24. The van der Waals surface area contributed by atoms with E-state index in [1.54, 1.807) is 24.2 Å². The number of pyridine rings is 1. The molecule has 6 heteroatoms. The maximum absolute atomic E-state index is 12.7. The third-order valence-corrected chi connectivity index (χ3v) is 5.59. The fourth-order valence-electron chi connectivity index (χ4n) is 2.77. The van der Waals surface area contributed by atoms with Gasteiger partial charge in [-0.25, -0.2) is 4.98 Å². The summed E-state index contributed by atoms with van der Waals surface area (Å²) in [4.78, 5) is 17.2. The molecule has 0 spiro atoms. The molecule has 5 nitrogen and oxygen atoms in total. The molecule has 1 atom stereocenters. The molecule has 0 amide bonds. The molecule has 0 bridgehead atoms. The van der Waals surface area contributed by atoms with Crippen molar-refractivity contribution in [2.45, 2.75) is 43.5 Å². The Balaban J connectivity index is 1.72. The average Bonchev–Trinajstić information content (AvgIpc) is 3.06. The number of hydrogen-bond acceptors (Lipinski definition) is 5. The SMILES string of the molecule is CC(C)c1cccc(C(=O)Cc2cccc([C@H](C)Sc3nncn3C)c2)n1. The number of hydrogen-bond donors (Lipinski definition) is 0. The lowest BCUT2D eigenvalue weighted by atomic mass is 10.0. The summed E-state index contributed by atoms with van der Waals surface area (Å²) in [7, 11) is 1.93. The molecule has 0 saturated carbocycles. The van der Waals surface area contributed by atoms with Crippen LogP contribution in [0.5, 0.6) is 0 Å². The molecular weight excluding hydrogens is 356 g/mol. The molecule has 2 heterocycles. The van der Waals surface area contributed by atoms with E-state index in [9.17, 15) is 4.79 Å². The Morgan fingerprint density at radius 1 is 1.15 bits per heavy atom. The van der Waals surface area contributed by atoms with Crippen LogP contribution in [0.4, 0.5) is 0 Å². The fraction of sp³-hybridized carbons (Fsp3) is 0.333. The van der Waals surface area contributed by atoms with Gasteiger partial charge in [0.25, 0.3) is 0 Å². The Kier molecular flexibility index (Phi) is 6.06. The van der Waals surface area contributed by atoms with Gasteiger partial charge in [-0.05, 0) is 36.1 Å². The maximum Gasteiger partial charge on any atom is 0.191 e. The smallest absolute Gasteiger partial charge is 0.191 e. The Morgan fingerprint density at radius 3 is 2.63 bits per heavy atom. The topological polar surface area (TPSA) is 60.7 Å². The lowest BCUT2D eigenvalue weighted by Crippen LogP contribution is -2.08. The number of benzene rings is 1. The van der Waals surface area contributed by atoms with Crippen LogP contribution >= 0.6 is 11.8 Å². The first-order valence-corrected chi connectivity index (χ1v) is 9.91. The molecule has 2 aromatic heterocycles. The molecule has 0 N–H and O–H groups in total. The van der Waals surface area contributed by atoms with E-state index in [4.69, 9.17) is 0 Å². The van der Waals surface area contributed by atoms with Crippen molar-refractivity contribution >= 4 is 17.5 Å². The van der Waals surface area contributed by atoms with Gasteiger partial charge in [-0.1, -0.05) is 55.9 Å². The molecule has 0 saturated heterocycles. The van der Waals surface area contributed by atoms with E-state index in [0.29, 0.717) is 18.0 Å². The van der Waals surface area contributed by atoms with E-state index >= 15 is 0 Å². The second kappa shape index (κ2) is 8.48. The van der Waals surface area contributed by atoms with E-state index < -0.39 is 0 Å². The first kappa shape index (κ1) is 19.3. The van der Waals surface area contributed by atoms with Gasteiger partial charge in [-0.3, -0.25) is 4.79 Å². The zero-order chi connectivity index (χ0) is 19.4. The summed E-state index contributed by atoms with van der Waals surface area (Å²) in [5.74, 6) is 0.350. The molecule has 140 valence electrons. The van der Waals surface area contributed by atoms with Gasteiger partial charge in [0.2, 0.25) is 0 Å². The van der Waals surface area contributed by atoms with Gasteiger partial charge < -0.3 is 4.57 Å². The molecule has 3 rings (SSSR count). The van der Waals surface area contributed by atoms with Crippen LogP contribution in [0.3, 0.4) is 0 Å². The van der Waals surface area contributed by atoms with Crippen molar-refractivity contribution in [3.05, 3.63) is 71.3 Å². The molecule has 27 heavy (non-hydrogen) atoms. The third-order valence-electron chi connectivity index (χ3n) is 4.39. The van der Waals surface area contributed by atoms with E-state index in [1.165, 1.54) is 0 Å². The van der Waals surface area contributed by atoms with Crippen molar-refractivity contribution < 1.29 is 4.79 Å². The van der Waals surface area contributed by atoms with Crippen LogP contribution in [0.2, 0.25) is 0 Å². The number of carbonyl (C=O) groups is 1. The van der Waals surface area contributed by atoms with Crippen LogP contribution in [0.1, 0.15) is 59.2 Å². The summed E-state index contributed by atoms with van der Waals surface area (Å²) in [6, 6.07) is 13.8. The zero-order valence-corrected chi connectivity index (χ0v) is 16.9. The summed E-state index contributed by atoms with van der Waals surface area (Å²) in [5, 5.41) is 9.13. The van der Waals surface area contributed by atoms with Gasteiger partial charge in [0.15, 0.2) is 10.9 Å². The summed E-state index contributed by atoms with van der Waals surface area (Å²) < 4.78 is 1.90. The number of ketones is 1. The van der Waals surface area contributed by atoms with Gasteiger partial charge in [0.05, 0.1) is 0 Å². The first-order chi connectivity index (χ1) is 12.9. The third kappa shape index (κ3) is 4.83. The minimum absolute atomic E-state index is 0.0447. The Labute approximate surface area is 164 Å². The minimum atomic E-state index is 0.0447. The highest BCUT2D eigenvalue weighted by Gasteiger charge is 2.14. The standard InChI is InChI=1S/C21H24N4OS/c1-14(2)18-9-6-10-19(23-18)20(26)12-16-7-5-8-17(11-16)15(3)27-21-24-22-13-25(21)4/h5-11,13-15H,12H2,1-4H3/t15-/m0/s1. The number of aryl methyl sites for hydroxylation is 1. The van der Waals surface area contributed by atoms with Crippen LogP contribution in [0, 0.1) is 0 Å². The highest BCUT2D eigenvalue weighted by molar-refractivity contribution is 7.99.